The lowest BCUT2D eigenvalue weighted by molar-refractivity contribution is 0.262. The molecule has 138 valence electrons. The zero-order chi connectivity index (χ0) is 18.6. The molecule has 0 aromatic heterocycles. The minimum absolute atomic E-state index is 0.0414. The largest absolute Gasteiger partial charge is 0.493 e. The first-order valence-corrected chi connectivity index (χ1v) is 9.78. The molecule has 1 unspecified atom stereocenters. The van der Waals surface area contributed by atoms with E-state index in [0.717, 1.165) is 23.3 Å². The van der Waals surface area contributed by atoms with Gasteiger partial charge in [-0.25, -0.2) is 18.1 Å². The number of guanidine groups is 1. The highest BCUT2D eigenvalue weighted by Crippen LogP contribution is 2.31. The lowest BCUT2D eigenvalue weighted by atomic mass is 10.0. The zero-order valence-electron chi connectivity index (χ0n) is 14.5. The van der Waals surface area contributed by atoms with Gasteiger partial charge in [-0.15, -0.1) is 0 Å². The van der Waals surface area contributed by atoms with Crippen molar-refractivity contribution >= 4 is 16.0 Å². The molecule has 1 aliphatic heterocycles. The predicted molar refractivity (Wildman–Crippen MR) is 100 cm³/mol. The number of nitrogens with two attached hydrogens (primary N) is 1. The van der Waals surface area contributed by atoms with Crippen LogP contribution in [0.4, 0.5) is 0 Å². The molecular formula is C18H22N4O3S. The summed E-state index contributed by atoms with van der Waals surface area (Å²) in [7, 11) is -2.09. The van der Waals surface area contributed by atoms with Crippen molar-refractivity contribution in [1.82, 2.24) is 10.0 Å². The van der Waals surface area contributed by atoms with Crippen molar-refractivity contribution in [2.24, 2.45) is 10.7 Å². The average Bonchev–Trinajstić information content (AvgIpc) is 2.67. The van der Waals surface area contributed by atoms with E-state index in [0.29, 0.717) is 12.6 Å². The highest BCUT2D eigenvalue weighted by molar-refractivity contribution is 7.89. The number of aliphatic imine (C=N–C) groups is 1. The number of para-hydroxylation sites is 1. The average molecular weight is 374 g/mol. The number of rotatable bonds is 5. The smallest absolute Gasteiger partial charge is 0.240 e. The summed E-state index contributed by atoms with van der Waals surface area (Å²) in [4.78, 5) is 4.54. The molecule has 0 spiro atoms. The number of sulfonamides is 1. The van der Waals surface area contributed by atoms with Gasteiger partial charge in [0.25, 0.3) is 0 Å². The second-order valence-corrected chi connectivity index (χ2v) is 7.81. The Balaban J connectivity index is 1.69. The number of benzene rings is 2. The van der Waals surface area contributed by atoms with Crippen LogP contribution in [0.2, 0.25) is 0 Å². The van der Waals surface area contributed by atoms with Crippen molar-refractivity contribution in [2.75, 3.05) is 13.7 Å². The van der Waals surface area contributed by atoms with E-state index in [2.05, 4.69) is 15.0 Å². The summed E-state index contributed by atoms with van der Waals surface area (Å²) in [5.74, 6) is 1.17. The van der Waals surface area contributed by atoms with Crippen LogP contribution in [0.3, 0.4) is 0 Å². The third kappa shape index (κ3) is 4.14. The Morgan fingerprint density at radius 1 is 1.27 bits per heavy atom. The van der Waals surface area contributed by atoms with Crippen LogP contribution in [0.5, 0.6) is 5.75 Å². The molecule has 7 nitrogen and oxygen atoms in total. The molecule has 0 aliphatic carbocycles. The Morgan fingerprint density at radius 2 is 2.08 bits per heavy atom. The summed E-state index contributed by atoms with van der Waals surface area (Å²) >= 11 is 0. The van der Waals surface area contributed by atoms with Gasteiger partial charge in [-0.05, 0) is 30.8 Å². The molecule has 0 saturated carbocycles. The molecule has 8 heteroatoms. The first-order chi connectivity index (χ1) is 12.5. The molecular weight excluding hydrogens is 352 g/mol. The standard InChI is InChI=1S/C18H22N4O3S/c1-20-26(23,24)14-6-4-5-13(11-14)12-21-18(19)22-16-9-10-25-17-8-3-2-7-15(16)17/h2-8,11,16,20H,9-10,12H2,1H3,(H3,19,21,22). The Morgan fingerprint density at radius 3 is 2.88 bits per heavy atom. The summed E-state index contributed by atoms with van der Waals surface area (Å²) in [6, 6.07) is 14.5. The van der Waals surface area contributed by atoms with Gasteiger partial charge in [0.05, 0.1) is 24.1 Å². The summed E-state index contributed by atoms with van der Waals surface area (Å²) < 4.78 is 31.7. The van der Waals surface area contributed by atoms with Crippen LogP contribution in [-0.4, -0.2) is 28.0 Å². The third-order valence-electron chi connectivity index (χ3n) is 4.19. The molecule has 1 atom stereocenters. The molecule has 2 aromatic rings. The Bertz CT molecular complexity index is 912. The van der Waals surface area contributed by atoms with E-state index in [4.69, 9.17) is 10.5 Å². The van der Waals surface area contributed by atoms with Crippen molar-refractivity contribution in [3.63, 3.8) is 0 Å². The van der Waals surface area contributed by atoms with E-state index in [-0.39, 0.29) is 17.5 Å². The fourth-order valence-corrected chi connectivity index (χ4v) is 3.62. The second-order valence-electron chi connectivity index (χ2n) is 5.93. The summed E-state index contributed by atoms with van der Waals surface area (Å²) in [6.45, 7) is 0.905. The van der Waals surface area contributed by atoms with Gasteiger partial charge in [-0.2, -0.15) is 0 Å². The van der Waals surface area contributed by atoms with Gasteiger partial charge in [-0.3, -0.25) is 0 Å². The van der Waals surface area contributed by atoms with Gasteiger partial charge in [0.2, 0.25) is 10.0 Å². The topological polar surface area (TPSA) is 106 Å². The van der Waals surface area contributed by atoms with Gasteiger partial charge in [0.15, 0.2) is 5.96 Å². The molecule has 4 N–H and O–H groups in total. The fraction of sp³-hybridized carbons (Fsp3) is 0.278. The molecule has 0 radical (unpaired) electrons. The van der Waals surface area contributed by atoms with Crippen LogP contribution < -0.4 is 20.5 Å². The molecule has 26 heavy (non-hydrogen) atoms. The van der Waals surface area contributed by atoms with Gasteiger partial charge in [0, 0.05) is 12.0 Å². The minimum atomic E-state index is -3.47. The lowest BCUT2D eigenvalue weighted by Gasteiger charge is -2.26. The van der Waals surface area contributed by atoms with Crippen LogP contribution in [-0.2, 0) is 16.6 Å². The normalized spacial score (nSPS) is 17.3. The molecule has 1 aliphatic rings. The number of fused-ring (bicyclic) bond motifs is 1. The Kier molecular flexibility index (Phi) is 5.43. The SMILES string of the molecule is CNS(=O)(=O)c1cccc(CN=C(N)NC2CCOc3ccccc32)c1. The Labute approximate surface area is 153 Å². The van der Waals surface area contributed by atoms with E-state index in [9.17, 15) is 8.42 Å². The quantitative estimate of drug-likeness (QED) is 0.544. The van der Waals surface area contributed by atoms with Crippen LogP contribution in [0.1, 0.15) is 23.6 Å². The highest BCUT2D eigenvalue weighted by atomic mass is 32.2. The predicted octanol–water partition coefficient (Wildman–Crippen LogP) is 1.52. The van der Waals surface area contributed by atoms with Crippen molar-refractivity contribution in [3.8, 4) is 5.75 Å². The number of hydrogen-bond acceptors (Lipinski definition) is 4. The summed E-state index contributed by atoms with van der Waals surface area (Å²) in [6.07, 6.45) is 0.795. The van der Waals surface area contributed by atoms with Crippen molar-refractivity contribution in [3.05, 3.63) is 59.7 Å². The number of hydrogen-bond donors (Lipinski definition) is 3. The van der Waals surface area contributed by atoms with E-state index in [1.54, 1.807) is 18.2 Å². The maximum atomic E-state index is 11.9. The van der Waals surface area contributed by atoms with Crippen LogP contribution in [0.25, 0.3) is 0 Å². The fourth-order valence-electron chi connectivity index (χ4n) is 2.82. The molecule has 0 fully saturated rings. The summed E-state index contributed by atoms with van der Waals surface area (Å²) in [5, 5.41) is 3.22. The third-order valence-corrected chi connectivity index (χ3v) is 5.60. The molecule has 1 heterocycles. The van der Waals surface area contributed by atoms with Gasteiger partial charge in [-0.1, -0.05) is 30.3 Å². The van der Waals surface area contributed by atoms with E-state index in [1.165, 1.54) is 7.05 Å². The number of nitrogens with zero attached hydrogens (tertiary/aromatic N) is 1. The maximum absolute atomic E-state index is 11.9. The van der Waals surface area contributed by atoms with Gasteiger partial charge in [0.1, 0.15) is 5.75 Å². The van der Waals surface area contributed by atoms with Crippen LogP contribution >= 0.6 is 0 Å². The van der Waals surface area contributed by atoms with E-state index in [1.807, 2.05) is 30.3 Å². The molecule has 2 aromatic carbocycles. The van der Waals surface area contributed by atoms with Gasteiger partial charge >= 0.3 is 0 Å². The van der Waals surface area contributed by atoms with Crippen LogP contribution in [0.15, 0.2) is 58.4 Å². The van der Waals surface area contributed by atoms with Crippen molar-refractivity contribution in [1.29, 1.82) is 0 Å². The summed E-state index contributed by atoms with van der Waals surface area (Å²) in [5.41, 5.74) is 7.84. The van der Waals surface area contributed by atoms with E-state index >= 15 is 0 Å². The number of ether oxygens (including phenoxy) is 1. The second kappa shape index (κ2) is 7.76. The molecule has 0 saturated heterocycles. The van der Waals surface area contributed by atoms with Crippen molar-refractivity contribution < 1.29 is 13.2 Å². The van der Waals surface area contributed by atoms with Crippen LogP contribution in [0, 0.1) is 0 Å². The van der Waals surface area contributed by atoms with Crippen molar-refractivity contribution in [2.45, 2.75) is 23.9 Å². The monoisotopic (exact) mass is 374 g/mol. The maximum Gasteiger partial charge on any atom is 0.240 e. The first kappa shape index (κ1) is 18.2. The minimum Gasteiger partial charge on any atom is -0.493 e. The molecule has 3 rings (SSSR count). The van der Waals surface area contributed by atoms with E-state index < -0.39 is 10.0 Å². The number of nitrogens with one attached hydrogen (secondary N) is 2. The highest BCUT2D eigenvalue weighted by Gasteiger charge is 2.21. The molecule has 0 bridgehead atoms. The first-order valence-electron chi connectivity index (χ1n) is 8.30. The molecule has 0 amide bonds. The Hall–Kier alpha value is -2.58. The van der Waals surface area contributed by atoms with Gasteiger partial charge < -0.3 is 15.8 Å². The lowest BCUT2D eigenvalue weighted by Crippen LogP contribution is -2.37. The zero-order valence-corrected chi connectivity index (χ0v) is 15.3.